The molecule has 0 aliphatic carbocycles. The highest BCUT2D eigenvalue weighted by Crippen LogP contribution is 2.45. The molecule has 0 saturated carbocycles. The molecule has 3 aromatic heterocycles. The SMILES string of the molecule is c1ccc(-n2c3ccccc3c3cc(N(c4ccc5c(c4)sc4ccccc45)c4ccc5c(c4)sc4c6ccccc6ccc54)ccc32)cc1. The minimum Gasteiger partial charge on any atom is -0.310 e. The molecule has 11 rings (SSSR count). The Kier molecular flexibility index (Phi) is 6.03. The molecule has 234 valence electrons. The average molecular weight is 673 g/mol. The Balaban J connectivity index is 1.16. The number of fused-ring (bicyclic) bond motifs is 11. The van der Waals surface area contributed by atoms with Gasteiger partial charge in [-0.3, -0.25) is 0 Å². The fraction of sp³-hybridized carbons (Fsp3) is 0. The molecule has 0 amide bonds. The van der Waals surface area contributed by atoms with Crippen LogP contribution in [0.3, 0.4) is 0 Å². The number of benzene rings is 8. The quantitative estimate of drug-likeness (QED) is 0.181. The lowest BCUT2D eigenvalue weighted by Crippen LogP contribution is -2.09. The predicted molar refractivity (Wildman–Crippen MR) is 219 cm³/mol. The van der Waals surface area contributed by atoms with Gasteiger partial charge in [0.05, 0.1) is 11.0 Å². The minimum atomic E-state index is 1.14. The van der Waals surface area contributed by atoms with E-state index in [0.717, 1.165) is 17.1 Å². The van der Waals surface area contributed by atoms with Gasteiger partial charge < -0.3 is 9.47 Å². The molecule has 4 heteroatoms. The predicted octanol–water partition coefficient (Wildman–Crippen LogP) is 14.1. The van der Waals surface area contributed by atoms with Crippen molar-refractivity contribution >= 4 is 113 Å². The first-order valence-corrected chi connectivity index (χ1v) is 18.6. The van der Waals surface area contributed by atoms with E-state index in [9.17, 15) is 0 Å². The third kappa shape index (κ3) is 4.13. The summed E-state index contributed by atoms with van der Waals surface area (Å²) in [4.78, 5) is 2.44. The summed E-state index contributed by atoms with van der Waals surface area (Å²) < 4.78 is 7.65. The molecule has 0 aliphatic rings. The van der Waals surface area contributed by atoms with Gasteiger partial charge in [0, 0.05) is 73.9 Å². The third-order valence-corrected chi connectivity index (χ3v) is 12.5. The smallest absolute Gasteiger partial charge is 0.0542 e. The lowest BCUT2D eigenvalue weighted by atomic mass is 10.1. The van der Waals surface area contributed by atoms with Gasteiger partial charge in [0.2, 0.25) is 0 Å². The van der Waals surface area contributed by atoms with Gasteiger partial charge in [-0.25, -0.2) is 0 Å². The molecule has 0 spiro atoms. The molecule has 0 atom stereocenters. The van der Waals surface area contributed by atoms with Crippen molar-refractivity contribution in [1.29, 1.82) is 0 Å². The average Bonchev–Trinajstić information content (AvgIpc) is 3.84. The molecule has 0 unspecified atom stereocenters. The second kappa shape index (κ2) is 10.8. The lowest BCUT2D eigenvalue weighted by molar-refractivity contribution is 1.18. The third-order valence-electron chi connectivity index (χ3n) is 10.2. The van der Waals surface area contributed by atoms with Crippen LogP contribution in [0.4, 0.5) is 17.1 Å². The Morgan fingerprint density at radius 1 is 0.360 bits per heavy atom. The summed E-state index contributed by atoms with van der Waals surface area (Å²) in [5, 5.41) is 10.4. The number of nitrogens with zero attached hydrogens (tertiary/aromatic N) is 2. The normalized spacial score (nSPS) is 12.0. The van der Waals surface area contributed by atoms with Crippen molar-refractivity contribution in [2.75, 3.05) is 4.90 Å². The van der Waals surface area contributed by atoms with Crippen LogP contribution in [-0.4, -0.2) is 4.57 Å². The van der Waals surface area contributed by atoms with E-state index >= 15 is 0 Å². The van der Waals surface area contributed by atoms with E-state index < -0.39 is 0 Å². The highest BCUT2D eigenvalue weighted by Gasteiger charge is 2.20. The largest absolute Gasteiger partial charge is 0.310 e. The molecule has 0 fully saturated rings. The number of para-hydroxylation sites is 2. The van der Waals surface area contributed by atoms with Crippen molar-refractivity contribution in [3.8, 4) is 5.69 Å². The molecule has 8 aromatic carbocycles. The molecule has 50 heavy (non-hydrogen) atoms. The Labute approximate surface area is 296 Å². The summed E-state index contributed by atoms with van der Waals surface area (Å²) in [7, 11) is 0. The summed E-state index contributed by atoms with van der Waals surface area (Å²) >= 11 is 3.76. The van der Waals surface area contributed by atoms with E-state index in [1.165, 1.54) is 78.6 Å². The number of hydrogen-bond donors (Lipinski definition) is 0. The molecule has 0 N–H and O–H groups in total. The zero-order valence-corrected chi connectivity index (χ0v) is 28.5. The molecule has 2 nitrogen and oxygen atoms in total. The van der Waals surface area contributed by atoms with Crippen molar-refractivity contribution in [2.24, 2.45) is 0 Å². The number of aromatic nitrogens is 1. The number of hydrogen-bond acceptors (Lipinski definition) is 3. The van der Waals surface area contributed by atoms with E-state index in [1.807, 2.05) is 22.7 Å². The van der Waals surface area contributed by atoms with Gasteiger partial charge in [0.25, 0.3) is 0 Å². The molecular weight excluding hydrogens is 645 g/mol. The first-order valence-electron chi connectivity index (χ1n) is 16.9. The highest BCUT2D eigenvalue weighted by molar-refractivity contribution is 7.27. The van der Waals surface area contributed by atoms with Crippen molar-refractivity contribution in [1.82, 2.24) is 4.57 Å². The van der Waals surface area contributed by atoms with Crippen LogP contribution >= 0.6 is 22.7 Å². The van der Waals surface area contributed by atoms with Crippen molar-refractivity contribution in [3.05, 3.63) is 170 Å². The van der Waals surface area contributed by atoms with Crippen LogP contribution in [0.25, 0.3) is 78.6 Å². The maximum atomic E-state index is 2.44. The maximum absolute atomic E-state index is 2.44. The van der Waals surface area contributed by atoms with Crippen LogP contribution in [0.15, 0.2) is 170 Å². The van der Waals surface area contributed by atoms with Crippen LogP contribution in [-0.2, 0) is 0 Å². The molecule has 11 aromatic rings. The first-order chi connectivity index (χ1) is 24.8. The summed E-state index contributed by atoms with van der Waals surface area (Å²) in [6.07, 6.45) is 0. The Morgan fingerprint density at radius 2 is 0.940 bits per heavy atom. The summed E-state index contributed by atoms with van der Waals surface area (Å²) in [6, 6.07) is 62.4. The van der Waals surface area contributed by atoms with E-state index in [-0.39, 0.29) is 0 Å². The van der Waals surface area contributed by atoms with Crippen LogP contribution in [0, 0.1) is 0 Å². The Bertz CT molecular complexity index is 3110. The van der Waals surface area contributed by atoms with Gasteiger partial charge >= 0.3 is 0 Å². The van der Waals surface area contributed by atoms with Crippen LogP contribution < -0.4 is 4.90 Å². The first kappa shape index (κ1) is 28.0. The van der Waals surface area contributed by atoms with E-state index in [0.29, 0.717) is 0 Å². The van der Waals surface area contributed by atoms with E-state index in [2.05, 4.69) is 179 Å². The van der Waals surface area contributed by atoms with Crippen LogP contribution in [0.5, 0.6) is 0 Å². The molecule has 0 bridgehead atoms. The zero-order valence-electron chi connectivity index (χ0n) is 26.9. The van der Waals surface area contributed by atoms with Crippen molar-refractivity contribution in [2.45, 2.75) is 0 Å². The van der Waals surface area contributed by atoms with Gasteiger partial charge in [-0.2, -0.15) is 0 Å². The second-order valence-electron chi connectivity index (χ2n) is 12.9. The summed E-state index contributed by atoms with van der Waals surface area (Å²) in [5.41, 5.74) is 7.03. The van der Waals surface area contributed by atoms with Crippen LogP contribution in [0.1, 0.15) is 0 Å². The number of anilines is 3. The van der Waals surface area contributed by atoms with Gasteiger partial charge in [-0.1, -0.05) is 103 Å². The standard InChI is InChI=1S/C46H28N2S2/c1-2-11-30(12-3-1)48-41-16-8-6-14-35(41)40-26-31(21-25-42(40)48)47(32-19-23-37-36-15-7-9-17-43(36)49-44(37)27-32)33-20-24-38-39-22-18-29-10-4-5-13-34(29)46(39)50-45(38)28-33/h1-28H. The van der Waals surface area contributed by atoms with Gasteiger partial charge in [-0.15, -0.1) is 22.7 Å². The van der Waals surface area contributed by atoms with Gasteiger partial charge in [0.1, 0.15) is 0 Å². The molecule has 3 heterocycles. The maximum Gasteiger partial charge on any atom is 0.0542 e. The Morgan fingerprint density at radius 3 is 1.78 bits per heavy atom. The zero-order chi connectivity index (χ0) is 32.8. The molecule has 0 saturated heterocycles. The van der Waals surface area contributed by atoms with E-state index in [4.69, 9.17) is 0 Å². The van der Waals surface area contributed by atoms with Crippen LogP contribution in [0.2, 0.25) is 0 Å². The number of rotatable bonds is 4. The van der Waals surface area contributed by atoms with Gasteiger partial charge in [0.15, 0.2) is 0 Å². The van der Waals surface area contributed by atoms with Crippen molar-refractivity contribution in [3.63, 3.8) is 0 Å². The van der Waals surface area contributed by atoms with Crippen molar-refractivity contribution < 1.29 is 0 Å². The molecule has 0 aliphatic heterocycles. The number of thiophene rings is 2. The molecule has 0 radical (unpaired) electrons. The summed E-state index contributed by atoms with van der Waals surface area (Å²) in [6.45, 7) is 0. The fourth-order valence-electron chi connectivity index (χ4n) is 7.89. The fourth-order valence-corrected chi connectivity index (χ4v) is 10.3. The topological polar surface area (TPSA) is 8.17 Å². The second-order valence-corrected chi connectivity index (χ2v) is 15.1. The Hall–Kier alpha value is -5.94. The highest BCUT2D eigenvalue weighted by atomic mass is 32.1. The monoisotopic (exact) mass is 672 g/mol. The summed E-state index contributed by atoms with van der Waals surface area (Å²) in [5.74, 6) is 0. The molecular formula is C46H28N2S2. The lowest BCUT2D eigenvalue weighted by Gasteiger charge is -2.26. The minimum absolute atomic E-state index is 1.14. The van der Waals surface area contributed by atoms with E-state index in [1.54, 1.807) is 0 Å². The van der Waals surface area contributed by atoms with Gasteiger partial charge in [-0.05, 0) is 77.5 Å².